The number of halogens is 2. The zero-order valence-electron chi connectivity index (χ0n) is 19.6. The van der Waals surface area contributed by atoms with Gasteiger partial charge in [-0.2, -0.15) is 12.8 Å². The Morgan fingerprint density at radius 1 is 1.11 bits per heavy atom. The molecular weight excluding hydrogens is 494 g/mol. The van der Waals surface area contributed by atoms with E-state index in [-0.39, 0.29) is 22.8 Å². The molecule has 6 nitrogen and oxygen atoms in total. The van der Waals surface area contributed by atoms with Crippen molar-refractivity contribution in [3.05, 3.63) is 80.3 Å². The summed E-state index contributed by atoms with van der Waals surface area (Å²) >= 11 is 1.10. The van der Waals surface area contributed by atoms with Crippen LogP contribution >= 0.6 is 11.8 Å². The largest absolute Gasteiger partial charge is 0.874 e. The molecule has 2 aliphatic rings. The summed E-state index contributed by atoms with van der Waals surface area (Å²) in [4.78, 5) is 1.98. The molecule has 0 saturated carbocycles. The van der Waals surface area contributed by atoms with Gasteiger partial charge in [0.1, 0.15) is 0 Å². The van der Waals surface area contributed by atoms with E-state index in [1.807, 2.05) is 13.8 Å². The second-order valence-corrected chi connectivity index (χ2v) is 11.0. The lowest BCUT2D eigenvalue weighted by Gasteiger charge is -2.33. The number of benzene rings is 2. The van der Waals surface area contributed by atoms with Crippen molar-refractivity contribution in [2.24, 2.45) is 4.40 Å². The van der Waals surface area contributed by atoms with Crippen LogP contribution in [0, 0.1) is 32.4 Å². The quantitative estimate of drug-likeness (QED) is 0.557. The summed E-state index contributed by atoms with van der Waals surface area (Å²) in [5, 5.41) is 14.9. The Bertz CT molecular complexity index is 1360. The molecule has 0 amide bonds. The topological polar surface area (TPSA) is 82.0 Å². The van der Waals surface area contributed by atoms with Gasteiger partial charge in [0, 0.05) is 23.7 Å². The van der Waals surface area contributed by atoms with Crippen LogP contribution in [-0.4, -0.2) is 40.4 Å². The monoisotopic (exact) mass is 519 g/mol. The zero-order valence-corrected chi connectivity index (χ0v) is 21.2. The predicted molar refractivity (Wildman–Crippen MR) is 132 cm³/mol. The van der Waals surface area contributed by atoms with Crippen molar-refractivity contribution in [2.75, 3.05) is 31.2 Å². The van der Waals surface area contributed by atoms with Crippen molar-refractivity contribution in [3.8, 4) is 0 Å². The highest BCUT2D eigenvalue weighted by atomic mass is 32.2. The maximum absolute atomic E-state index is 13.6. The number of anilines is 1. The van der Waals surface area contributed by atoms with Gasteiger partial charge < -0.3 is 14.7 Å². The molecule has 0 atom stereocenters. The highest BCUT2D eigenvalue weighted by molar-refractivity contribution is 8.07. The number of sulfonamides is 1. The average molecular weight is 520 g/mol. The molecule has 1 saturated heterocycles. The number of hydrogen-bond acceptors (Lipinski definition) is 6. The molecule has 2 aromatic rings. The zero-order chi connectivity index (χ0) is 25.3. The normalized spacial score (nSPS) is 19.0. The minimum Gasteiger partial charge on any atom is -0.874 e. The number of aryl methyl sites for hydroxylation is 2. The summed E-state index contributed by atoms with van der Waals surface area (Å²) in [5.41, 5.74) is 5.10. The molecule has 10 heteroatoms. The van der Waals surface area contributed by atoms with Gasteiger partial charge in [0.2, 0.25) is 0 Å². The van der Waals surface area contributed by atoms with Crippen LogP contribution < -0.4 is 10.0 Å². The molecule has 0 aromatic heterocycles. The first kappa shape index (κ1) is 25.4. The van der Waals surface area contributed by atoms with Gasteiger partial charge in [0.05, 0.1) is 23.8 Å². The van der Waals surface area contributed by atoms with Gasteiger partial charge in [-0.3, -0.25) is 0 Å². The third kappa shape index (κ3) is 5.29. The van der Waals surface area contributed by atoms with E-state index in [0.717, 1.165) is 64.9 Å². The van der Waals surface area contributed by atoms with Crippen molar-refractivity contribution in [3.63, 3.8) is 0 Å². The molecule has 0 radical (unpaired) electrons. The first-order valence-corrected chi connectivity index (χ1v) is 13.4. The number of nitrogens with zero attached hydrogens (tertiary/aromatic N) is 2. The van der Waals surface area contributed by atoms with E-state index in [0.29, 0.717) is 19.3 Å². The van der Waals surface area contributed by atoms with Crippen molar-refractivity contribution in [2.45, 2.75) is 32.1 Å². The van der Waals surface area contributed by atoms with Gasteiger partial charge in [-0.25, -0.2) is 8.78 Å². The van der Waals surface area contributed by atoms with Gasteiger partial charge in [0.15, 0.2) is 11.6 Å². The number of allylic oxidation sites excluding steroid dienone is 3. The highest BCUT2D eigenvalue weighted by Gasteiger charge is 2.22. The van der Waals surface area contributed by atoms with Gasteiger partial charge in [-0.1, -0.05) is 17.8 Å². The van der Waals surface area contributed by atoms with Gasteiger partial charge in [-0.05, 0) is 79.1 Å². The van der Waals surface area contributed by atoms with Gasteiger partial charge in [-0.15, -0.1) is 5.76 Å². The van der Waals surface area contributed by atoms with Crippen molar-refractivity contribution >= 4 is 33.2 Å². The molecule has 0 aliphatic carbocycles. The van der Waals surface area contributed by atoms with Crippen molar-refractivity contribution in [1.29, 1.82) is 0 Å². The smallest absolute Gasteiger partial charge is 0.282 e. The minimum atomic E-state index is -4.34. The maximum Gasteiger partial charge on any atom is 0.282 e. The Morgan fingerprint density at radius 3 is 2.51 bits per heavy atom. The van der Waals surface area contributed by atoms with E-state index >= 15 is 0 Å². The van der Waals surface area contributed by atoms with Crippen LogP contribution in [0.15, 0.2) is 55.7 Å². The van der Waals surface area contributed by atoms with E-state index < -0.39 is 26.6 Å². The molecule has 0 unspecified atom stereocenters. The average Bonchev–Trinajstić information content (AvgIpc) is 3.26. The van der Waals surface area contributed by atoms with Crippen LogP contribution in [0.25, 0.3) is 0 Å². The Labute approximate surface area is 208 Å². The predicted octanol–water partition coefficient (Wildman–Crippen LogP) is 3.93. The summed E-state index contributed by atoms with van der Waals surface area (Å²) in [7, 11) is -4.34. The summed E-state index contributed by atoms with van der Waals surface area (Å²) in [6.45, 7) is 8.85. The summed E-state index contributed by atoms with van der Waals surface area (Å²) in [5.74, 6) is -2.71. The first-order chi connectivity index (χ1) is 16.6. The fraction of sp³-hybridized carbons (Fsp3) is 0.320. The van der Waals surface area contributed by atoms with E-state index in [1.54, 1.807) is 5.41 Å². The van der Waals surface area contributed by atoms with Crippen LogP contribution in [0.4, 0.5) is 14.5 Å². The van der Waals surface area contributed by atoms with Crippen LogP contribution in [0.5, 0.6) is 0 Å². The van der Waals surface area contributed by atoms with Gasteiger partial charge >= 0.3 is 0 Å². The number of morpholine rings is 1. The first-order valence-electron chi connectivity index (χ1n) is 11.0. The molecule has 186 valence electrons. The molecule has 0 N–H and O–H groups in total. The van der Waals surface area contributed by atoms with Crippen LogP contribution in [0.1, 0.15) is 22.3 Å². The lowest BCUT2D eigenvalue weighted by molar-refractivity contribution is -0.305. The molecule has 4 rings (SSSR count). The second kappa shape index (κ2) is 10.1. The lowest BCUT2D eigenvalue weighted by atomic mass is 9.93. The molecule has 0 spiro atoms. The fourth-order valence-electron chi connectivity index (χ4n) is 4.40. The number of hydrogen-bond donors (Lipinski definition) is 0. The molecule has 0 bridgehead atoms. The van der Waals surface area contributed by atoms with E-state index in [9.17, 15) is 22.3 Å². The Morgan fingerprint density at radius 2 is 1.83 bits per heavy atom. The third-order valence-corrected chi connectivity index (χ3v) is 8.29. The minimum absolute atomic E-state index is 0.0134. The number of thioether (sulfide) groups is 1. The molecule has 2 aromatic carbocycles. The Kier molecular flexibility index (Phi) is 7.35. The number of rotatable bonds is 5. The Balaban J connectivity index is 1.68. The highest BCUT2D eigenvalue weighted by Crippen LogP contribution is 2.35. The Hall–Kier alpha value is -2.69. The molecule has 2 aliphatic heterocycles. The van der Waals surface area contributed by atoms with Crippen LogP contribution in [0.3, 0.4) is 0 Å². The summed E-state index contributed by atoms with van der Waals surface area (Å²) < 4.78 is 61.4. The maximum atomic E-state index is 13.6. The van der Waals surface area contributed by atoms with Gasteiger partial charge in [0.25, 0.3) is 10.0 Å². The molecular formula is C25H25F2N2O4S2-. The van der Waals surface area contributed by atoms with Crippen molar-refractivity contribution in [1.82, 2.24) is 0 Å². The van der Waals surface area contributed by atoms with Crippen LogP contribution in [0.2, 0.25) is 0 Å². The van der Waals surface area contributed by atoms with E-state index in [2.05, 4.69) is 22.3 Å². The third-order valence-electron chi connectivity index (χ3n) is 6.06. The second-order valence-electron chi connectivity index (χ2n) is 8.44. The molecule has 1 fully saturated rings. The number of ether oxygens (including phenoxy) is 1. The van der Waals surface area contributed by atoms with Crippen molar-refractivity contribution < 1.29 is 27.0 Å². The van der Waals surface area contributed by atoms with E-state index in [1.165, 1.54) is 6.08 Å². The summed E-state index contributed by atoms with van der Waals surface area (Å²) in [6, 6.07) is 4.31. The summed E-state index contributed by atoms with van der Waals surface area (Å²) in [6.07, 6.45) is 1.52. The SMILES string of the molecule is Cc1cc(C)c(N2CCOCC2)c(C)c1C/C([O-])=C1/SC=C/C1=N\S(=O)(=O)c1ccc(F)c(F)c1. The fourth-order valence-corrected chi connectivity index (χ4v) is 6.24. The molecule has 2 heterocycles. The standard InChI is InChI=1S/C25H26F2N2O4S2/c1-15-12-16(2)24(29-7-9-33-10-8-29)17(3)19(15)14-23(30)25-22(6-11-34-25)28-35(31,32)18-4-5-20(26)21(27)13-18/h4-6,11-13,30H,7-10,14H2,1-3H3/p-1/b25-23-,28-22+. The lowest BCUT2D eigenvalue weighted by Crippen LogP contribution is -2.37. The molecule has 35 heavy (non-hydrogen) atoms. The van der Waals surface area contributed by atoms with Crippen LogP contribution in [-0.2, 0) is 21.2 Å². The van der Waals surface area contributed by atoms with E-state index in [4.69, 9.17) is 4.74 Å².